The maximum atomic E-state index is 10.9. The Hall–Kier alpha value is -1.50. The van der Waals surface area contributed by atoms with Crippen molar-refractivity contribution >= 4 is 17.6 Å². The molecular weight excluding hydrogens is 250 g/mol. The molecule has 1 aliphatic rings. The van der Waals surface area contributed by atoms with Crippen molar-refractivity contribution in [3.63, 3.8) is 0 Å². The SMILES string of the molecule is C#CCN(CC(=O)O)C1CCc2cc(Cl)ccc21. The van der Waals surface area contributed by atoms with Crippen LogP contribution in [0.3, 0.4) is 0 Å². The number of nitrogens with zero attached hydrogens (tertiary/aromatic N) is 1. The second kappa shape index (κ2) is 5.43. The van der Waals surface area contributed by atoms with Crippen LogP contribution in [0.1, 0.15) is 23.6 Å². The van der Waals surface area contributed by atoms with E-state index in [0.29, 0.717) is 6.54 Å². The third-order valence-electron chi connectivity index (χ3n) is 3.22. The van der Waals surface area contributed by atoms with Crippen molar-refractivity contribution < 1.29 is 9.90 Å². The molecule has 1 aromatic carbocycles. The molecule has 0 radical (unpaired) electrons. The monoisotopic (exact) mass is 263 g/mol. The van der Waals surface area contributed by atoms with Gasteiger partial charge in [-0.1, -0.05) is 23.6 Å². The number of carboxylic acid groups (broad SMARTS) is 1. The van der Waals surface area contributed by atoms with Gasteiger partial charge in [0.25, 0.3) is 0 Å². The van der Waals surface area contributed by atoms with Gasteiger partial charge in [0.1, 0.15) is 0 Å². The zero-order chi connectivity index (χ0) is 13.1. The van der Waals surface area contributed by atoms with E-state index in [-0.39, 0.29) is 12.6 Å². The largest absolute Gasteiger partial charge is 0.480 e. The van der Waals surface area contributed by atoms with Crippen molar-refractivity contribution in [1.29, 1.82) is 0 Å². The number of halogens is 1. The molecule has 0 amide bonds. The Kier molecular flexibility index (Phi) is 3.90. The number of carboxylic acids is 1. The minimum absolute atomic E-state index is 0.0308. The van der Waals surface area contributed by atoms with Crippen LogP contribution in [0, 0.1) is 12.3 Å². The van der Waals surface area contributed by atoms with E-state index in [4.69, 9.17) is 23.1 Å². The number of hydrogen-bond donors (Lipinski definition) is 1. The molecule has 0 bridgehead atoms. The molecule has 4 heteroatoms. The van der Waals surface area contributed by atoms with Crippen molar-refractivity contribution in [1.82, 2.24) is 4.90 Å². The highest BCUT2D eigenvalue weighted by molar-refractivity contribution is 6.30. The van der Waals surface area contributed by atoms with Gasteiger partial charge in [-0.15, -0.1) is 6.42 Å². The fraction of sp³-hybridized carbons (Fsp3) is 0.357. The zero-order valence-electron chi connectivity index (χ0n) is 9.90. The van der Waals surface area contributed by atoms with E-state index in [1.54, 1.807) is 0 Å². The zero-order valence-corrected chi connectivity index (χ0v) is 10.7. The molecule has 0 fully saturated rings. The van der Waals surface area contributed by atoms with Crippen molar-refractivity contribution in [2.45, 2.75) is 18.9 Å². The van der Waals surface area contributed by atoms with Crippen molar-refractivity contribution in [3.05, 3.63) is 34.3 Å². The third kappa shape index (κ3) is 2.66. The molecule has 3 nitrogen and oxygen atoms in total. The molecule has 2 rings (SSSR count). The van der Waals surface area contributed by atoms with Crippen LogP contribution in [0.4, 0.5) is 0 Å². The average molecular weight is 264 g/mol. The van der Waals surface area contributed by atoms with Crippen LogP contribution in [0.5, 0.6) is 0 Å². The van der Waals surface area contributed by atoms with Gasteiger partial charge in [0.2, 0.25) is 0 Å². The van der Waals surface area contributed by atoms with Gasteiger partial charge >= 0.3 is 5.97 Å². The van der Waals surface area contributed by atoms with Crippen LogP contribution in [-0.4, -0.2) is 29.1 Å². The van der Waals surface area contributed by atoms with Crippen LogP contribution in [-0.2, 0) is 11.2 Å². The predicted octanol–water partition coefficient (Wildman–Crippen LogP) is 2.35. The summed E-state index contributed by atoms with van der Waals surface area (Å²) in [5.41, 5.74) is 2.34. The van der Waals surface area contributed by atoms with Crippen molar-refractivity contribution in [3.8, 4) is 12.3 Å². The van der Waals surface area contributed by atoms with E-state index in [2.05, 4.69) is 5.92 Å². The van der Waals surface area contributed by atoms with E-state index in [1.807, 2.05) is 23.1 Å². The Labute approximate surface area is 111 Å². The number of benzene rings is 1. The molecule has 18 heavy (non-hydrogen) atoms. The molecule has 0 saturated heterocycles. The quantitative estimate of drug-likeness (QED) is 0.848. The first-order valence-electron chi connectivity index (χ1n) is 5.79. The topological polar surface area (TPSA) is 40.5 Å². The number of aliphatic carboxylic acids is 1. The average Bonchev–Trinajstić information content (AvgIpc) is 2.70. The first-order chi connectivity index (χ1) is 8.61. The summed E-state index contributed by atoms with van der Waals surface area (Å²) in [4.78, 5) is 12.7. The predicted molar refractivity (Wildman–Crippen MR) is 70.6 cm³/mol. The molecule has 1 N–H and O–H groups in total. The van der Waals surface area contributed by atoms with E-state index >= 15 is 0 Å². The summed E-state index contributed by atoms with van der Waals surface area (Å²) in [5, 5.41) is 9.65. The molecule has 1 aromatic rings. The van der Waals surface area contributed by atoms with Crippen LogP contribution >= 0.6 is 11.6 Å². The number of aryl methyl sites for hydroxylation is 1. The second-order valence-corrected chi connectivity index (χ2v) is 4.84. The highest BCUT2D eigenvalue weighted by atomic mass is 35.5. The van der Waals surface area contributed by atoms with Gasteiger partial charge in [0, 0.05) is 11.1 Å². The smallest absolute Gasteiger partial charge is 0.317 e. The fourth-order valence-electron chi connectivity index (χ4n) is 2.51. The fourth-order valence-corrected chi connectivity index (χ4v) is 2.70. The normalized spacial score (nSPS) is 17.5. The van der Waals surface area contributed by atoms with Gasteiger partial charge < -0.3 is 5.11 Å². The lowest BCUT2D eigenvalue weighted by molar-refractivity contribution is -0.138. The molecule has 94 valence electrons. The first kappa shape index (κ1) is 12.9. The van der Waals surface area contributed by atoms with E-state index < -0.39 is 5.97 Å². The maximum absolute atomic E-state index is 10.9. The highest BCUT2D eigenvalue weighted by Crippen LogP contribution is 2.36. The summed E-state index contributed by atoms with van der Waals surface area (Å²) >= 11 is 5.96. The highest BCUT2D eigenvalue weighted by Gasteiger charge is 2.28. The van der Waals surface area contributed by atoms with E-state index in [9.17, 15) is 4.79 Å². The summed E-state index contributed by atoms with van der Waals surface area (Å²) in [5.74, 6) is 1.67. The molecule has 0 aliphatic heterocycles. The van der Waals surface area contributed by atoms with Gasteiger partial charge in [-0.25, -0.2) is 0 Å². The maximum Gasteiger partial charge on any atom is 0.317 e. The summed E-state index contributed by atoms with van der Waals surface area (Å²) in [6.07, 6.45) is 7.12. The summed E-state index contributed by atoms with van der Waals surface area (Å²) < 4.78 is 0. The Morgan fingerprint density at radius 1 is 1.61 bits per heavy atom. The lowest BCUT2D eigenvalue weighted by atomic mass is 10.1. The molecule has 0 saturated carbocycles. The molecule has 1 unspecified atom stereocenters. The molecule has 0 aromatic heterocycles. The Morgan fingerprint density at radius 2 is 2.39 bits per heavy atom. The van der Waals surface area contributed by atoms with Gasteiger partial charge in [-0.2, -0.15) is 0 Å². The van der Waals surface area contributed by atoms with Crippen LogP contribution < -0.4 is 0 Å². The second-order valence-electron chi connectivity index (χ2n) is 4.40. The van der Waals surface area contributed by atoms with Gasteiger partial charge in [-0.05, 0) is 36.1 Å². The van der Waals surface area contributed by atoms with Crippen LogP contribution in [0.25, 0.3) is 0 Å². The summed E-state index contributed by atoms with van der Waals surface area (Å²) in [7, 11) is 0. The standard InChI is InChI=1S/C14H14ClNO2/c1-2-7-16(9-14(17)18)13-6-3-10-8-11(15)4-5-12(10)13/h1,4-5,8,13H,3,6-7,9H2,(H,17,18). The summed E-state index contributed by atoms with van der Waals surface area (Å²) in [6, 6.07) is 5.85. The Morgan fingerprint density at radius 3 is 3.06 bits per heavy atom. The summed E-state index contributed by atoms with van der Waals surface area (Å²) in [6.45, 7) is 0.315. The third-order valence-corrected chi connectivity index (χ3v) is 3.46. The van der Waals surface area contributed by atoms with Gasteiger partial charge in [0.15, 0.2) is 0 Å². The molecule has 1 aliphatic carbocycles. The van der Waals surface area contributed by atoms with Gasteiger partial charge in [-0.3, -0.25) is 9.69 Å². The number of rotatable bonds is 4. The molecular formula is C14H14ClNO2. The van der Waals surface area contributed by atoms with E-state index in [1.165, 1.54) is 5.56 Å². The minimum Gasteiger partial charge on any atom is -0.480 e. The van der Waals surface area contributed by atoms with Crippen LogP contribution in [0.2, 0.25) is 5.02 Å². The molecule has 1 atom stereocenters. The van der Waals surface area contributed by atoms with Crippen LogP contribution in [0.15, 0.2) is 18.2 Å². The molecule has 0 heterocycles. The Bertz CT molecular complexity index is 507. The number of hydrogen-bond acceptors (Lipinski definition) is 2. The first-order valence-corrected chi connectivity index (χ1v) is 6.17. The minimum atomic E-state index is -0.854. The number of carbonyl (C=O) groups is 1. The van der Waals surface area contributed by atoms with E-state index in [0.717, 1.165) is 23.4 Å². The van der Waals surface area contributed by atoms with Crippen molar-refractivity contribution in [2.24, 2.45) is 0 Å². The van der Waals surface area contributed by atoms with Crippen molar-refractivity contribution in [2.75, 3.05) is 13.1 Å². The van der Waals surface area contributed by atoms with Gasteiger partial charge in [0.05, 0.1) is 13.1 Å². The lowest BCUT2D eigenvalue weighted by Crippen LogP contribution is -2.33. The molecule has 0 spiro atoms. The number of fused-ring (bicyclic) bond motifs is 1. The number of terminal acetylenes is 1. The lowest BCUT2D eigenvalue weighted by Gasteiger charge is -2.25. The Balaban J connectivity index is 2.24.